The Morgan fingerprint density at radius 1 is 1.14 bits per heavy atom. The van der Waals surface area contributed by atoms with Crippen molar-refractivity contribution in [1.29, 1.82) is 0 Å². The normalized spacial score (nSPS) is 10.5. The van der Waals surface area contributed by atoms with Crippen molar-refractivity contribution in [2.75, 3.05) is 5.43 Å². The lowest BCUT2D eigenvalue weighted by Gasteiger charge is -2.00. The van der Waals surface area contributed by atoms with Crippen LogP contribution < -0.4 is 5.43 Å². The summed E-state index contributed by atoms with van der Waals surface area (Å²) in [6, 6.07) is 12.1. The molecule has 0 spiro atoms. The van der Waals surface area contributed by atoms with Gasteiger partial charge in [-0.15, -0.1) is 0 Å². The number of hydrogen-bond acceptors (Lipinski definition) is 5. The summed E-state index contributed by atoms with van der Waals surface area (Å²) in [7, 11) is 0. The van der Waals surface area contributed by atoms with Crippen molar-refractivity contribution in [2.45, 2.75) is 0 Å². The number of aromatic carboxylic acids is 1. The first-order valence-electron chi connectivity index (χ1n) is 5.93. The minimum atomic E-state index is -0.990. The van der Waals surface area contributed by atoms with Crippen LogP contribution in [-0.2, 0) is 0 Å². The van der Waals surface area contributed by atoms with Crippen molar-refractivity contribution < 1.29 is 14.8 Å². The van der Waals surface area contributed by atoms with Crippen LogP contribution in [0.3, 0.4) is 0 Å². The molecule has 0 aliphatic heterocycles. The maximum Gasteiger partial charge on any atom is 0.335 e. The molecule has 2 aromatic rings. The number of rotatable bonds is 5. The molecular formula is C14H11N3O4. The van der Waals surface area contributed by atoms with Gasteiger partial charge in [0.15, 0.2) is 0 Å². The van der Waals surface area contributed by atoms with Gasteiger partial charge in [-0.2, -0.15) is 5.10 Å². The highest BCUT2D eigenvalue weighted by atomic mass is 16.6. The van der Waals surface area contributed by atoms with E-state index in [0.717, 1.165) is 0 Å². The topological polar surface area (TPSA) is 105 Å². The molecule has 2 aromatic carbocycles. The first-order valence-corrected chi connectivity index (χ1v) is 5.93. The van der Waals surface area contributed by atoms with Crippen LogP contribution in [0.1, 0.15) is 15.9 Å². The predicted octanol–water partition coefficient (Wildman–Crippen LogP) is 2.74. The first-order chi connectivity index (χ1) is 10.1. The fraction of sp³-hybridized carbons (Fsp3) is 0. The highest BCUT2D eigenvalue weighted by Gasteiger charge is 2.02. The fourth-order valence-corrected chi connectivity index (χ4v) is 1.55. The van der Waals surface area contributed by atoms with Crippen LogP contribution in [0.2, 0.25) is 0 Å². The van der Waals surface area contributed by atoms with Gasteiger partial charge in [0.2, 0.25) is 0 Å². The fourth-order valence-electron chi connectivity index (χ4n) is 1.55. The SMILES string of the molecule is O=C(O)c1ccc(N/N=C/c2ccc([N+](=O)[O-])cc2)cc1. The number of hydrazone groups is 1. The van der Waals surface area contributed by atoms with Gasteiger partial charge in [-0.05, 0) is 42.0 Å². The Kier molecular flexibility index (Phi) is 4.25. The van der Waals surface area contributed by atoms with Crippen LogP contribution in [0.5, 0.6) is 0 Å². The van der Waals surface area contributed by atoms with E-state index >= 15 is 0 Å². The molecule has 2 rings (SSSR count). The van der Waals surface area contributed by atoms with Crippen LogP contribution >= 0.6 is 0 Å². The Bertz CT molecular complexity index is 678. The van der Waals surface area contributed by atoms with Gasteiger partial charge in [-0.1, -0.05) is 0 Å². The molecule has 0 heterocycles. The van der Waals surface area contributed by atoms with Gasteiger partial charge in [0.25, 0.3) is 5.69 Å². The number of benzene rings is 2. The molecule has 0 saturated carbocycles. The van der Waals surface area contributed by atoms with Gasteiger partial charge in [-0.25, -0.2) is 4.79 Å². The van der Waals surface area contributed by atoms with E-state index in [9.17, 15) is 14.9 Å². The van der Waals surface area contributed by atoms with Crippen LogP contribution in [0.15, 0.2) is 53.6 Å². The summed E-state index contributed by atoms with van der Waals surface area (Å²) < 4.78 is 0. The third-order valence-electron chi connectivity index (χ3n) is 2.64. The number of hydrogen-bond donors (Lipinski definition) is 2. The molecule has 106 valence electrons. The third kappa shape index (κ3) is 3.87. The number of nitrogens with one attached hydrogen (secondary N) is 1. The Labute approximate surface area is 119 Å². The van der Waals surface area contributed by atoms with Gasteiger partial charge in [0.1, 0.15) is 0 Å². The number of nitrogens with zero attached hydrogens (tertiary/aromatic N) is 2. The Morgan fingerprint density at radius 3 is 2.29 bits per heavy atom. The number of nitro benzene ring substituents is 1. The number of carboxylic acid groups (broad SMARTS) is 1. The van der Waals surface area contributed by atoms with Crippen LogP contribution in [-0.4, -0.2) is 22.2 Å². The molecule has 0 fully saturated rings. The zero-order valence-corrected chi connectivity index (χ0v) is 10.8. The molecule has 0 atom stereocenters. The standard InChI is InChI=1S/C14H11N3O4/c18-14(19)11-3-5-12(6-4-11)16-15-9-10-1-7-13(8-2-10)17(20)21/h1-9,16H,(H,18,19)/b15-9+. The number of non-ortho nitro benzene ring substituents is 1. The van der Waals surface area contributed by atoms with E-state index in [0.29, 0.717) is 11.3 Å². The number of anilines is 1. The quantitative estimate of drug-likeness (QED) is 0.499. The van der Waals surface area contributed by atoms with Crippen molar-refractivity contribution >= 4 is 23.6 Å². The summed E-state index contributed by atoms with van der Waals surface area (Å²) in [5.41, 5.74) is 4.29. The second kappa shape index (κ2) is 6.29. The summed E-state index contributed by atoms with van der Waals surface area (Å²) in [4.78, 5) is 20.7. The largest absolute Gasteiger partial charge is 0.478 e. The molecule has 0 aliphatic rings. The van der Waals surface area contributed by atoms with Gasteiger partial charge in [0, 0.05) is 12.1 Å². The second-order valence-corrected chi connectivity index (χ2v) is 4.10. The second-order valence-electron chi connectivity index (χ2n) is 4.10. The maximum absolute atomic E-state index is 10.7. The Balaban J connectivity index is 1.98. The minimum Gasteiger partial charge on any atom is -0.478 e. The van der Waals surface area contributed by atoms with E-state index in [1.54, 1.807) is 24.3 Å². The highest BCUT2D eigenvalue weighted by molar-refractivity contribution is 5.88. The van der Waals surface area contributed by atoms with Gasteiger partial charge >= 0.3 is 5.97 Å². The molecule has 7 nitrogen and oxygen atoms in total. The van der Waals surface area contributed by atoms with E-state index in [-0.39, 0.29) is 11.3 Å². The van der Waals surface area contributed by atoms with E-state index in [2.05, 4.69) is 10.5 Å². The average molecular weight is 285 g/mol. The van der Waals surface area contributed by atoms with Crippen molar-refractivity contribution in [2.24, 2.45) is 5.10 Å². The van der Waals surface area contributed by atoms with Gasteiger partial charge in [0.05, 0.1) is 22.4 Å². The number of carbonyl (C=O) groups is 1. The van der Waals surface area contributed by atoms with Crippen molar-refractivity contribution in [3.8, 4) is 0 Å². The summed E-state index contributed by atoms with van der Waals surface area (Å²) in [5.74, 6) is -0.990. The van der Waals surface area contributed by atoms with Gasteiger partial charge < -0.3 is 5.11 Å². The van der Waals surface area contributed by atoms with Crippen molar-refractivity contribution in [3.05, 3.63) is 69.8 Å². The molecule has 7 heteroatoms. The van der Waals surface area contributed by atoms with E-state index in [1.807, 2.05) is 0 Å². The molecule has 0 aliphatic carbocycles. The van der Waals surface area contributed by atoms with Crippen LogP contribution in [0, 0.1) is 10.1 Å². The third-order valence-corrected chi connectivity index (χ3v) is 2.64. The lowest BCUT2D eigenvalue weighted by atomic mass is 10.2. The monoisotopic (exact) mass is 285 g/mol. The minimum absolute atomic E-state index is 0.0179. The van der Waals surface area contributed by atoms with Crippen LogP contribution in [0.4, 0.5) is 11.4 Å². The van der Waals surface area contributed by atoms with Crippen LogP contribution in [0.25, 0.3) is 0 Å². The summed E-state index contributed by atoms with van der Waals surface area (Å²) in [5, 5.41) is 23.2. The number of nitro groups is 1. The molecule has 0 unspecified atom stereocenters. The van der Waals surface area contributed by atoms with Crippen molar-refractivity contribution in [3.63, 3.8) is 0 Å². The molecule has 0 saturated heterocycles. The Morgan fingerprint density at radius 2 is 1.76 bits per heavy atom. The molecule has 21 heavy (non-hydrogen) atoms. The van der Waals surface area contributed by atoms with E-state index in [1.165, 1.54) is 30.5 Å². The first kappa shape index (κ1) is 14.2. The zero-order valence-electron chi connectivity index (χ0n) is 10.8. The summed E-state index contributed by atoms with van der Waals surface area (Å²) in [6.07, 6.45) is 1.51. The van der Waals surface area contributed by atoms with E-state index < -0.39 is 10.9 Å². The van der Waals surface area contributed by atoms with Crippen molar-refractivity contribution in [1.82, 2.24) is 0 Å². The smallest absolute Gasteiger partial charge is 0.335 e. The lowest BCUT2D eigenvalue weighted by Crippen LogP contribution is -1.96. The molecule has 0 aromatic heterocycles. The highest BCUT2D eigenvalue weighted by Crippen LogP contribution is 2.11. The summed E-state index contributed by atoms with van der Waals surface area (Å²) >= 11 is 0. The lowest BCUT2D eigenvalue weighted by molar-refractivity contribution is -0.384. The van der Waals surface area contributed by atoms with E-state index in [4.69, 9.17) is 5.11 Å². The van der Waals surface area contributed by atoms with Gasteiger partial charge in [-0.3, -0.25) is 15.5 Å². The molecule has 0 amide bonds. The average Bonchev–Trinajstić information content (AvgIpc) is 2.48. The number of carboxylic acids is 1. The molecule has 2 N–H and O–H groups in total. The summed E-state index contributed by atoms with van der Waals surface area (Å²) in [6.45, 7) is 0. The maximum atomic E-state index is 10.7. The Hall–Kier alpha value is -3.22. The molecule has 0 radical (unpaired) electrons. The zero-order chi connectivity index (χ0) is 15.2. The predicted molar refractivity (Wildman–Crippen MR) is 77.7 cm³/mol. The molecule has 0 bridgehead atoms. The molecular weight excluding hydrogens is 274 g/mol.